The third-order valence-corrected chi connectivity index (χ3v) is 2.36. The van der Waals surface area contributed by atoms with Crippen LogP contribution in [0.4, 0.5) is 0 Å². The molecule has 0 saturated heterocycles. The summed E-state index contributed by atoms with van der Waals surface area (Å²) in [7, 11) is 1.35. The van der Waals surface area contributed by atoms with Gasteiger partial charge in [0.05, 0.1) is 13.0 Å². The van der Waals surface area contributed by atoms with Crippen molar-refractivity contribution < 1.29 is 19.1 Å². The number of hydrogen-bond acceptors (Lipinski definition) is 4. The van der Waals surface area contributed by atoms with Crippen molar-refractivity contribution in [1.82, 2.24) is 0 Å². The van der Waals surface area contributed by atoms with Gasteiger partial charge in [-0.25, -0.2) is 0 Å². The molecule has 0 spiro atoms. The van der Waals surface area contributed by atoms with Crippen LogP contribution >= 0.6 is 0 Å². The van der Waals surface area contributed by atoms with E-state index in [1.165, 1.54) is 14.0 Å². The van der Waals surface area contributed by atoms with Gasteiger partial charge in [-0.3, -0.25) is 9.59 Å². The molecule has 0 amide bonds. The molecular weight excluding hydrogens is 220 g/mol. The van der Waals surface area contributed by atoms with Gasteiger partial charge in [0.1, 0.15) is 12.4 Å². The van der Waals surface area contributed by atoms with Gasteiger partial charge in [-0.15, -0.1) is 0 Å². The van der Waals surface area contributed by atoms with Crippen LogP contribution in [0.5, 0.6) is 5.75 Å². The van der Waals surface area contributed by atoms with E-state index < -0.39 is 0 Å². The number of carbonyl (C=O) groups excluding carboxylic acids is 2. The van der Waals surface area contributed by atoms with Crippen LogP contribution in [0, 0.1) is 5.92 Å². The first-order valence-electron chi connectivity index (χ1n) is 5.36. The molecule has 1 aromatic carbocycles. The van der Waals surface area contributed by atoms with E-state index in [9.17, 15) is 9.59 Å². The molecule has 0 aliphatic rings. The Hall–Kier alpha value is -1.84. The summed E-state index contributed by atoms with van der Waals surface area (Å²) in [5.74, 6) is 0.0306. The third-order valence-electron chi connectivity index (χ3n) is 2.36. The lowest BCUT2D eigenvalue weighted by Gasteiger charge is -2.11. The molecule has 0 fully saturated rings. The fraction of sp³-hybridized carbons (Fsp3) is 0.385. The number of Topliss-reactive ketones (excluding diaryl/α,β-unsaturated/α-hetero) is 1. The van der Waals surface area contributed by atoms with Crippen LogP contribution in [0.15, 0.2) is 24.3 Å². The molecule has 1 aromatic rings. The SMILES string of the molecule is COC(=O)C(C)COc1ccc(C(C)=O)cc1. The molecule has 0 saturated carbocycles. The molecular formula is C13H16O4. The minimum absolute atomic E-state index is 0.0134. The van der Waals surface area contributed by atoms with Crippen molar-refractivity contribution in [2.24, 2.45) is 5.92 Å². The molecule has 4 heteroatoms. The molecule has 17 heavy (non-hydrogen) atoms. The second-order valence-corrected chi connectivity index (χ2v) is 3.82. The number of methoxy groups -OCH3 is 1. The van der Waals surface area contributed by atoms with Crippen molar-refractivity contribution >= 4 is 11.8 Å². The molecule has 1 unspecified atom stereocenters. The summed E-state index contributed by atoms with van der Waals surface area (Å²) in [4.78, 5) is 22.2. The van der Waals surface area contributed by atoms with Gasteiger partial charge in [0.25, 0.3) is 0 Å². The topological polar surface area (TPSA) is 52.6 Å². The monoisotopic (exact) mass is 236 g/mol. The van der Waals surface area contributed by atoms with Crippen LogP contribution in [-0.2, 0) is 9.53 Å². The molecule has 0 aliphatic heterocycles. The molecule has 0 aliphatic carbocycles. The van der Waals surface area contributed by atoms with Crippen LogP contribution in [0.1, 0.15) is 24.2 Å². The highest BCUT2D eigenvalue weighted by atomic mass is 16.5. The number of esters is 1. The summed E-state index contributed by atoms with van der Waals surface area (Å²) in [6.07, 6.45) is 0. The quantitative estimate of drug-likeness (QED) is 0.580. The standard InChI is InChI=1S/C13H16O4/c1-9(13(15)16-3)8-17-12-6-4-11(5-7-12)10(2)14/h4-7,9H,8H2,1-3H3. The summed E-state index contributed by atoms with van der Waals surface area (Å²) in [5.41, 5.74) is 0.637. The first-order valence-corrected chi connectivity index (χ1v) is 5.36. The lowest BCUT2D eigenvalue weighted by Crippen LogP contribution is -2.19. The van der Waals surface area contributed by atoms with Crippen molar-refractivity contribution in [3.05, 3.63) is 29.8 Å². The van der Waals surface area contributed by atoms with Crippen molar-refractivity contribution in [3.8, 4) is 5.75 Å². The second-order valence-electron chi connectivity index (χ2n) is 3.82. The van der Waals surface area contributed by atoms with E-state index in [2.05, 4.69) is 4.74 Å². The fourth-order valence-corrected chi connectivity index (χ4v) is 1.28. The second kappa shape index (κ2) is 6.03. The van der Waals surface area contributed by atoms with E-state index in [0.717, 1.165) is 0 Å². The van der Waals surface area contributed by atoms with Gasteiger partial charge in [0, 0.05) is 5.56 Å². The number of benzene rings is 1. The average Bonchev–Trinajstić information content (AvgIpc) is 2.35. The summed E-state index contributed by atoms with van der Waals surface area (Å²) < 4.78 is 10.0. The number of ether oxygens (including phenoxy) is 2. The first-order chi connectivity index (χ1) is 8.04. The van der Waals surface area contributed by atoms with Crippen molar-refractivity contribution in [2.75, 3.05) is 13.7 Å². The zero-order valence-electron chi connectivity index (χ0n) is 10.2. The first kappa shape index (κ1) is 13.2. The molecule has 0 heterocycles. The maximum atomic E-state index is 11.1. The molecule has 92 valence electrons. The lowest BCUT2D eigenvalue weighted by atomic mass is 10.1. The minimum Gasteiger partial charge on any atom is -0.493 e. The van der Waals surface area contributed by atoms with Gasteiger partial charge in [0.15, 0.2) is 5.78 Å². The highest BCUT2D eigenvalue weighted by Gasteiger charge is 2.13. The molecule has 1 atom stereocenters. The van der Waals surface area contributed by atoms with E-state index in [-0.39, 0.29) is 24.3 Å². The molecule has 4 nitrogen and oxygen atoms in total. The van der Waals surface area contributed by atoms with Crippen molar-refractivity contribution in [1.29, 1.82) is 0 Å². The van der Waals surface area contributed by atoms with E-state index in [1.807, 2.05) is 0 Å². The largest absolute Gasteiger partial charge is 0.493 e. The molecule has 0 radical (unpaired) electrons. The van der Waals surface area contributed by atoms with Gasteiger partial charge in [-0.05, 0) is 38.1 Å². The van der Waals surface area contributed by atoms with Crippen LogP contribution in [0.2, 0.25) is 0 Å². The Morgan fingerprint density at radius 2 is 1.82 bits per heavy atom. The number of rotatable bonds is 5. The summed E-state index contributed by atoms with van der Waals surface area (Å²) in [6, 6.07) is 6.81. The van der Waals surface area contributed by atoms with Gasteiger partial charge in [-0.1, -0.05) is 0 Å². The summed E-state index contributed by atoms with van der Waals surface area (Å²) in [6.45, 7) is 3.50. The minimum atomic E-state index is -0.313. The zero-order valence-corrected chi connectivity index (χ0v) is 10.2. The Balaban J connectivity index is 2.53. The Bertz CT molecular complexity index is 394. The van der Waals surface area contributed by atoms with Gasteiger partial charge in [-0.2, -0.15) is 0 Å². The smallest absolute Gasteiger partial charge is 0.311 e. The third kappa shape index (κ3) is 3.90. The van der Waals surface area contributed by atoms with Gasteiger partial charge in [0.2, 0.25) is 0 Å². The molecule has 0 bridgehead atoms. The lowest BCUT2D eigenvalue weighted by molar-refractivity contribution is -0.145. The van der Waals surface area contributed by atoms with Crippen LogP contribution in [-0.4, -0.2) is 25.5 Å². The highest BCUT2D eigenvalue weighted by Crippen LogP contribution is 2.13. The predicted octanol–water partition coefficient (Wildman–Crippen LogP) is 2.08. The van der Waals surface area contributed by atoms with Crippen LogP contribution < -0.4 is 4.74 Å². The Morgan fingerprint density at radius 3 is 2.29 bits per heavy atom. The Morgan fingerprint density at radius 1 is 1.24 bits per heavy atom. The number of hydrogen-bond donors (Lipinski definition) is 0. The summed E-state index contributed by atoms with van der Waals surface area (Å²) in [5, 5.41) is 0. The van der Waals surface area contributed by atoms with Gasteiger partial charge < -0.3 is 9.47 Å². The average molecular weight is 236 g/mol. The van der Waals surface area contributed by atoms with Gasteiger partial charge >= 0.3 is 5.97 Å². The van der Waals surface area contributed by atoms with Crippen molar-refractivity contribution in [3.63, 3.8) is 0 Å². The van der Waals surface area contributed by atoms with E-state index in [4.69, 9.17) is 4.74 Å². The zero-order chi connectivity index (χ0) is 12.8. The van der Waals surface area contributed by atoms with Crippen LogP contribution in [0.3, 0.4) is 0 Å². The van der Waals surface area contributed by atoms with E-state index >= 15 is 0 Å². The maximum absolute atomic E-state index is 11.1. The molecule has 1 rings (SSSR count). The predicted molar refractivity (Wildman–Crippen MR) is 63.1 cm³/mol. The fourth-order valence-electron chi connectivity index (χ4n) is 1.28. The highest BCUT2D eigenvalue weighted by molar-refractivity contribution is 5.94. The molecule has 0 aromatic heterocycles. The maximum Gasteiger partial charge on any atom is 0.311 e. The van der Waals surface area contributed by atoms with E-state index in [0.29, 0.717) is 11.3 Å². The normalized spacial score (nSPS) is 11.7. The molecule has 0 N–H and O–H groups in total. The summed E-state index contributed by atoms with van der Waals surface area (Å²) >= 11 is 0. The van der Waals surface area contributed by atoms with Crippen LogP contribution in [0.25, 0.3) is 0 Å². The Labute approximate surface area is 101 Å². The van der Waals surface area contributed by atoms with E-state index in [1.54, 1.807) is 31.2 Å². The Kier molecular flexibility index (Phi) is 4.69. The number of carbonyl (C=O) groups is 2. The van der Waals surface area contributed by atoms with Crippen molar-refractivity contribution in [2.45, 2.75) is 13.8 Å². The number of ketones is 1.